The summed E-state index contributed by atoms with van der Waals surface area (Å²) in [5.41, 5.74) is 2.11. The summed E-state index contributed by atoms with van der Waals surface area (Å²) in [6, 6.07) is 0. The first kappa shape index (κ1) is 22.5. The van der Waals surface area contributed by atoms with Crippen LogP contribution < -0.4 is 0 Å². The topological polar surface area (TPSA) is 69.9 Å². The summed E-state index contributed by atoms with van der Waals surface area (Å²) in [5, 5.41) is 31.2. The Balaban J connectivity index is 1.53. The maximum absolute atomic E-state index is 11.0. The van der Waals surface area contributed by atoms with Crippen LogP contribution in [0, 0.1) is 28.6 Å². The van der Waals surface area contributed by atoms with Crippen LogP contribution in [0.2, 0.25) is 0 Å². The van der Waals surface area contributed by atoms with Gasteiger partial charge < -0.3 is 20.1 Å². The zero-order valence-corrected chi connectivity index (χ0v) is 19.5. The molecule has 30 heavy (non-hydrogen) atoms. The largest absolute Gasteiger partial charge is 0.393 e. The van der Waals surface area contributed by atoms with E-state index in [0.29, 0.717) is 43.6 Å². The Labute approximate surface area is 182 Å². The molecule has 8 atom stereocenters. The number of hydrogen-bond acceptors (Lipinski definition) is 4. The van der Waals surface area contributed by atoms with Crippen LogP contribution in [-0.2, 0) is 4.74 Å². The van der Waals surface area contributed by atoms with E-state index in [2.05, 4.69) is 32.9 Å². The van der Waals surface area contributed by atoms with Crippen molar-refractivity contribution in [2.75, 3.05) is 6.61 Å². The third-order valence-electron chi connectivity index (χ3n) is 9.38. The highest BCUT2D eigenvalue weighted by Crippen LogP contribution is 2.65. The van der Waals surface area contributed by atoms with Crippen LogP contribution in [0.25, 0.3) is 0 Å². The first-order valence-electron chi connectivity index (χ1n) is 12.1. The van der Waals surface area contributed by atoms with Gasteiger partial charge in [-0.25, -0.2) is 0 Å². The molecule has 4 rings (SSSR count). The van der Waals surface area contributed by atoms with Gasteiger partial charge in [-0.05, 0) is 82.5 Å². The minimum absolute atomic E-state index is 0.195. The van der Waals surface area contributed by atoms with Gasteiger partial charge in [0.25, 0.3) is 0 Å². The monoisotopic (exact) mass is 418 g/mol. The molecule has 0 radical (unpaired) electrons. The van der Waals surface area contributed by atoms with Crippen LogP contribution in [0.1, 0.15) is 79.6 Å². The van der Waals surface area contributed by atoms with E-state index in [1.54, 1.807) is 0 Å². The van der Waals surface area contributed by atoms with Crippen molar-refractivity contribution in [1.29, 1.82) is 0 Å². The lowest BCUT2D eigenvalue weighted by molar-refractivity contribution is -0.0690. The lowest BCUT2D eigenvalue weighted by Gasteiger charge is -2.56. The van der Waals surface area contributed by atoms with E-state index in [-0.39, 0.29) is 16.9 Å². The van der Waals surface area contributed by atoms with E-state index in [4.69, 9.17) is 4.74 Å². The Morgan fingerprint density at radius 2 is 1.87 bits per heavy atom. The molecule has 0 aromatic heterocycles. The van der Waals surface area contributed by atoms with Gasteiger partial charge in [0.1, 0.15) is 0 Å². The minimum atomic E-state index is -0.680. The fourth-order valence-electron chi connectivity index (χ4n) is 7.47. The predicted molar refractivity (Wildman–Crippen MR) is 119 cm³/mol. The zero-order valence-electron chi connectivity index (χ0n) is 19.5. The first-order valence-corrected chi connectivity index (χ1v) is 12.1. The summed E-state index contributed by atoms with van der Waals surface area (Å²) in [7, 11) is 0. The number of ether oxygens (including phenoxy) is 1. The molecule has 3 saturated carbocycles. The quantitative estimate of drug-likeness (QED) is 0.620. The Morgan fingerprint density at radius 1 is 1.13 bits per heavy atom. The Bertz CT molecular complexity index is 719. The number of rotatable bonds is 5. The SMILES string of the molecule is CC(OCCC(C)(C)O)[C@H]1CC[C@H]2C3=CC=C4CC(O)CC(O)[C@]4(C)[C@H]3CC[C@]12C. The summed E-state index contributed by atoms with van der Waals surface area (Å²) in [6.45, 7) is 11.2. The lowest BCUT2D eigenvalue weighted by Crippen LogP contribution is -2.52. The highest BCUT2D eigenvalue weighted by atomic mass is 16.5. The van der Waals surface area contributed by atoms with Gasteiger partial charge in [-0.2, -0.15) is 0 Å². The molecule has 0 heterocycles. The van der Waals surface area contributed by atoms with Crippen LogP contribution in [0.4, 0.5) is 0 Å². The van der Waals surface area contributed by atoms with E-state index in [1.165, 1.54) is 30.4 Å². The van der Waals surface area contributed by atoms with Gasteiger partial charge in [0, 0.05) is 18.4 Å². The highest BCUT2D eigenvalue weighted by Gasteiger charge is 2.59. The molecule has 0 aromatic carbocycles. The van der Waals surface area contributed by atoms with E-state index < -0.39 is 17.8 Å². The number of hydrogen-bond donors (Lipinski definition) is 3. The Hall–Kier alpha value is -0.680. The summed E-state index contributed by atoms with van der Waals surface area (Å²) in [4.78, 5) is 0. The molecule has 4 aliphatic carbocycles. The van der Waals surface area contributed by atoms with Crippen LogP contribution >= 0.6 is 0 Å². The van der Waals surface area contributed by atoms with Gasteiger partial charge >= 0.3 is 0 Å². The lowest BCUT2D eigenvalue weighted by atomic mass is 9.49. The molecule has 0 amide bonds. The zero-order chi connectivity index (χ0) is 21.9. The van der Waals surface area contributed by atoms with Gasteiger partial charge in [0.15, 0.2) is 0 Å². The second-order valence-corrected chi connectivity index (χ2v) is 11.7. The molecule has 3 N–H and O–H groups in total. The molecule has 3 fully saturated rings. The Kier molecular flexibility index (Phi) is 5.79. The average Bonchev–Trinajstić information content (AvgIpc) is 2.99. The molecule has 0 aliphatic heterocycles. The number of aliphatic hydroxyl groups excluding tert-OH is 2. The standard InChI is InChI=1S/C26H42O4/c1-16(30-13-12-24(2,3)29)20-8-9-21-19-7-6-17-14-18(27)15-23(28)26(17,5)22(19)10-11-25(20,21)4/h6-7,16,18,20-23,27-29H,8-15H2,1-5H3/t16?,18?,20-,21+,22+,23?,25-,26+/m1/s1. The molecule has 0 bridgehead atoms. The normalized spacial score (nSPS) is 44.5. The predicted octanol–water partition coefficient (Wildman–Crippen LogP) is 4.38. The van der Waals surface area contributed by atoms with Crippen molar-refractivity contribution in [2.24, 2.45) is 28.6 Å². The van der Waals surface area contributed by atoms with Crippen molar-refractivity contribution in [3.05, 3.63) is 23.3 Å². The first-order chi connectivity index (χ1) is 14.0. The van der Waals surface area contributed by atoms with E-state index in [1.807, 2.05) is 13.8 Å². The van der Waals surface area contributed by atoms with Crippen LogP contribution in [0.5, 0.6) is 0 Å². The van der Waals surface area contributed by atoms with Crippen molar-refractivity contribution in [1.82, 2.24) is 0 Å². The molecular formula is C26H42O4. The number of allylic oxidation sites excluding steroid dienone is 3. The van der Waals surface area contributed by atoms with Crippen molar-refractivity contribution in [3.8, 4) is 0 Å². The molecule has 3 unspecified atom stereocenters. The molecule has 0 saturated heterocycles. The van der Waals surface area contributed by atoms with Gasteiger partial charge in [0.2, 0.25) is 0 Å². The molecule has 0 aromatic rings. The second-order valence-electron chi connectivity index (χ2n) is 11.7. The third-order valence-corrected chi connectivity index (χ3v) is 9.38. The van der Waals surface area contributed by atoms with E-state index in [0.717, 1.165) is 6.42 Å². The number of fused-ring (bicyclic) bond motifs is 5. The van der Waals surface area contributed by atoms with Gasteiger partial charge in [0.05, 0.1) is 23.9 Å². The average molecular weight is 419 g/mol. The molecule has 170 valence electrons. The molecular weight excluding hydrogens is 376 g/mol. The van der Waals surface area contributed by atoms with Gasteiger partial charge in [-0.3, -0.25) is 0 Å². The summed E-state index contributed by atoms with van der Waals surface area (Å²) >= 11 is 0. The van der Waals surface area contributed by atoms with Crippen molar-refractivity contribution in [2.45, 2.75) is 103 Å². The highest BCUT2D eigenvalue weighted by molar-refractivity contribution is 5.40. The van der Waals surface area contributed by atoms with Gasteiger partial charge in [-0.15, -0.1) is 0 Å². The fraction of sp³-hybridized carbons (Fsp3) is 0.846. The maximum atomic E-state index is 11.0. The van der Waals surface area contributed by atoms with Crippen molar-refractivity contribution >= 4 is 0 Å². The molecule has 4 aliphatic rings. The minimum Gasteiger partial charge on any atom is -0.393 e. The molecule has 4 nitrogen and oxygen atoms in total. The Morgan fingerprint density at radius 3 is 2.57 bits per heavy atom. The van der Waals surface area contributed by atoms with E-state index >= 15 is 0 Å². The van der Waals surface area contributed by atoms with Gasteiger partial charge in [-0.1, -0.05) is 37.1 Å². The molecule has 0 spiro atoms. The van der Waals surface area contributed by atoms with Crippen molar-refractivity contribution in [3.63, 3.8) is 0 Å². The van der Waals surface area contributed by atoms with E-state index in [9.17, 15) is 15.3 Å². The van der Waals surface area contributed by atoms with Crippen LogP contribution in [0.15, 0.2) is 23.3 Å². The maximum Gasteiger partial charge on any atom is 0.0661 e. The summed E-state index contributed by atoms with van der Waals surface area (Å²) in [5.74, 6) is 1.47. The fourth-order valence-corrected chi connectivity index (χ4v) is 7.47. The number of aliphatic hydroxyl groups is 3. The summed E-state index contributed by atoms with van der Waals surface area (Å²) < 4.78 is 6.23. The smallest absolute Gasteiger partial charge is 0.0661 e. The second kappa shape index (κ2) is 7.72. The third kappa shape index (κ3) is 3.62. The van der Waals surface area contributed by atoms with Crippen molar-refractivity contribution < 1.29 is 20.1 Å². The molecule has 4 heteroatoms. The van der Waals surface area contributed by atoms with Crippen LogP contribution in [0.3, 0.4) is 0 Å². The summed E-state index contributed by atoms with van der Waals surface area (Å²) in [6.07, 6.45) is 10.4. The van der Waals surface area contributed by atoms with Crippen LogP contribution in [-0.4, -0.2) is 45.8 Å².